The lowest BCUT2D eigenvalue weighted by Crippen LogP contribution is -2.32. The lowest BCUT2D eigenvalue weighted by molar-refractivity contribution is -0.179. The molecular weight excluding hydrogens is 393 g/mol. The van der Waals surface area contributed by atoms with Gasteiger partial charge < -0.3 is 4.57 Å². The largest absolute Gasteiger partial charge is 0.392 e. The predicted molar refractivity (Wildman–Crippen MR) is 88.1 cm³/mol. The van der Waals surface area contributed by atoms with Gasteiger partial charge in [-0.15, -0.1) is 10.2 Å². The van der Waals surface area contributed by atoms with Crippen molar-refractivity contribution in [3.63, 3.8) is 0 Å². The Balaban J connectivity index is 1.76. The van der Waals surface area contributed by atoms with E-state index in [4.69, 9.17) is 11.6 Å². The van der Waals surface area contributed by atoms with Gasteiger partial charge in [0.1, 0.15) is 11.6 Å². The fourth-order valence-corrected chi connectivity index (χ4v) is 4.39. The minimum Gasteiger partial charge on any atom is -0.314 e. The van der Waals surface area contributed by atoms with Crippen LogP contribution in [0.3, 0.4) is 0 Å². The second-order valence-electron chi connectivity index (χ2n) is 6.10. The van der Waals surface area contributed by atoms with Crippen LogP contribution in [0.2, 0.25) is 5.02 Å². The summed E-state index contributed by atoms with van der Waals surface area (Å²) in [6.07, 6.45) is -4.61. The number of benzene rings is 1. The molecule has 0 fully saturated rings. The number of aromatic nitrogens is 3. The van der Waals surface area contributed by atoms with Gasteiger partial charge in [0.25, 0.3) is 0 Å². The molecule has 26 heavy (non-hydrogen) atoms. The number of halogens is 4. The molecule has 11 heteroatoms. The van der Waals surface area contributed by atoms with E-state index in [1.54, 1.807) is 13.0 Å². The summed E-state index contributed by atoms with van der Waals surface area (Å²) in [6, 6.07) is 4.54. The molecule has 0 bridgehead atoms. The third-order valence-corrected chi connectivity index (χ3v) is 6.38. The fraction of sp³-hybridized carbons (Fsp3) is 0.467. The van der Waals surface area contributed by atoms with Crippen molar-refractivity contribution in [2.75, 3.05) is 0 Å². The Bertz CT molecular complexity index is 927. The van der Waals surface area contributed by atoms with Crippen molar-refractivity contribution in [3.05, 3.63) is 40.4 Å². The van der Waals surface area contributed by atoms with Crippen LogP contribution in [0.15, 0.2) is 23.1 Å². The molecule has 1 aliphatic rings. The fourth-order valence-electron chi connectivity index (χ4n) is 2.92. The molecule has 142 valence electrons. The van der Waals surface area contributed by atoms with E-state index in [1.165, 1.54) is 16.7 Å². The zero-order valence-electron chi connectivity index (χ0n) is 13.7. The summed E-state index contributed by atoms with van der Waals surface area (Å²) in [5, 5.41) is 7.95. The lowest BCUT2D eigenvalue weighted by Gasteiger charge is -2.25. The molecule has 1 N–H and O–H groups in total. The number of alkyl halides is 3. The van der Waals surface area contributed by atoms with Gasteiger partial charge in [-0.1, -0.05) is 17.7 Å². The zero-order chi connectivity index (χ0) is 19.1. The van der Waals surface area contributed by atoms with E-state index in [9.17, 15) is 21.6 Å². The van der Waals surface area contributed by atoms with Gasteiger partial charge in [0, 0.05) is 18.0 Å². The first kappa shape index (κ1) is 19.1. The van der Waals surface area contributed by atoms with Gasteiger partial charge in [0.15, 0.2) is 0 Å². The van der Waals surface area contributed by atoms with Crippen molar-refractivity contribution in [2.45, 2.75) is 43.9 Å². The molecule has 0 radical (unpaired) electrons. The standard InChI is InChI=1S/C15H16ClF3N4O2S/c1-9-11(16)3-2-4-12(9)26(24,25)20-8-14-22-21-13-7-10(15(17,18)19)5-6-23(13)14/h2-4,10,20H,5-8H2,1H3/t10-/m1/s1. The highest BCUT2D eigenvalue weighted by Gasteiger charge is 2.42. The maximum atomic E-state index is 12.8. The Labute approximate surface area is 153 Å². The van der Waals surface area contributed by atoms with E-state index >= 15 is 0 Å². The lowest BCUT2D eigenvalue weighted by atomic mass is 9.97. The van der Waals surface area contributed by atoms with E-state index in [0.717, 1.165) is 0 Å². The first-order valence-electron chi connectivity index (χ1n) is 7.82. The van der Waals surface area contributed by atoms with Crippen LogP contribution in [0, 0.1) is 12.8 Å². The van der Waals surface area contributed by atoms with E-state index in [2.05, 4.69) is 14.9 Å². The second kappa shape index (κ2) is 6.82. The maximum Gasteiger partial charge on any atom is 0.392 e. The first-order chi connectivity index (χ1) is 12.1. The van der Waals surface area contributed by atoms with E-state index in [1.807, 2.05) is 0 Å². The third-order valence-electron chi connectivity index (χ3n) is 4.42. The van der Waals surface area contributed by atoms with Crippen LogP contribution in [-0.4, -0.2) is 29.4 Å². The number of sulfonamides is 1. The van der Waals surface area contributed by atoms with Crippen molar-refractivity contribution >= 4 is 21.6 Å². The molecule has 3 rings (SSSR count). The topological polar surface area (TPSA) is 76.9 Å². The predicted octanol–water partition coefficient (Wildman–Crippen LogP) is 2.84. The molecule has 2 aromatic rings. The molecule has 0 aliphatic carbocycles. The molecule has 0 saturated heterocycles. The first-order valence-corrected chi connectivity index (χ1v) is 9.68. The highest BCUT2D eigenvalue weighted by Crippen LogP contribution is 2.34. The third kappa shape index (κ3) is 3.72. The van der Waals surface area contributed by atoms with Crippen LogP contribution in [-0.2, 0) is 29.5 Å². The van der Waals surface area contributed by atoms with E-state index in [0.29, 0.717) is 10.6 Å². The molecule has 1 aromatic carbocycles. The summed E-state index contributed by atoms with van der Waals surface area (Å²) in [4.78, 5) is 0.0421. The molecule has 0 unspecified atom stereocenters. The Morgan fingerprint density at radius 3 is 2.77 bits per heavy atom. The number of hydrogen-bond donors (Lipinski definition) is 1. The summed E-state index contributed by atoms with van der Waals surface area (Å²) in [5.41, 5.74) is 0.415. The number of nitrogens with one attached hydrogen (secondary N) is 1. The smallest absolute Gasteiger partial charge is 0.314 e. The Hall–Kier alpha value is -1.65. The van der Waals surface area contributed by atoms with Crippen molar-refractivity contribution < 1.29 is 21.6 Å². The number of hydrogen-bond acceptors (Lipinski definition) is 4. The molecule has 0 amide bonds. The van der Waals surface area contributed by atoms with Gasteiger partial charge in [0.05, 0.1) is 17.4 Å². The van der Waals surface area contributed by atoms with Crippen molar-refractivity contribution in [2.24, 2.45) is 5.92 Å². The van der Waals surface area contributed by atoms with Crippen LogP contribution in [0.4, 0.5) is 13.2 Å². The zero-order valence-corrected chi connectivity index (χ0v) is 15.3. The average molecular weight is 409 g/mol. The summed E-state index contributed by atoms with van der Waals surface area (Å²) >= 11 is 5.95. The number of rotatable bonds is 4. The van der Waals surface area contributed by atoms with Crippen molar-refractivity contribution in [1.82, 2.24) is 19.5 Å². The molecular formula is C15H16ClF3N4O2S. The summed E-state index contributed by atoms with van der Waals surface area (Å²) in [6.45, 7) is 1.52. The van der Waals surface area contributed by atoms with Crippen LogP contribution >= 0.6 is 11.6 Å². The summed E-state index contributed by atoms with van der Waals surface area (Å²) in [5.74, 6) is -0.951. The van der Waals surface area contributed by atoms with Crippen LogP contribution in [0.5, 0.6) is 0 Å². The van der Waals surface area contributed by atoms with Crippen molar-refractivity contribution in [1.29, 1.82) is 0 Å². The molecule has 1 aliphatic heterocycles. The van der Waals surface area contributed by atoms with Crippen LogP contribution in [0.1, 0.15) is 23.6 Å². The van der Waals surface area contributed by atoms with Gasteiger partial charge in [-0.05, 0) is 31.0 Å². The normalized spacial score (nSPS) is 18.0. The maximum absolute atomic E-state index is 12.8. The molecule has 1 aromatic heterocycles. The average Bonchev–Trinajstić information content (AvgIpc) is 2.97. The van der Waals surface area contributed by atoms with E-state index in [-0.39, 0.29) is 42.5 Å². The highest BCUT2D eigenvalue weighted by molar-refractivity contribution is 7.89. The molecule has 1 atom stereocenters. The van der Waals surface area contributed by atoms with Gasteiger partial charge in [0.2, 0.25) is 10.0 Å². The minimum atomic E-state index is -4.27. The summed E-state index contributed by atoms with van der Waals surface area (Å²) in [7, 11) is -3.85. The number of fused-ring (bicyclic) bond motifs is 1. The van der Waals surface area contributed by atoms with Gasteiger partial charge >= 0.3 is 6.18 Å². The summed E-state index contributed by atoms with van der Waals surface area (Å²) < 4.78 is 67.4. The van der Waals surface area contributed by atoms with Gasteiger partial charge in [-0.2, -0.15) is 13.2 Å². The second-order valence-corrected chi connectivity index (χ2v) is 8.25. The van der Waals surface area contributed by atoms with Crippen LogP contribution in [0.25, 0.3) is 0 Å². The van der Waals surface area contributed by atoms with Crippen molar-refractivity contribution in [3.8, 4) is 0 Å². The molecule has 2 heterocycles. The SMILES string of the molecule is Cc1c(Cl)cccc1S(=O)(=O)NCc1nnc2n1CC[C@@H](C(F)(F)F)C2. The highest BCUT2D eigenvalue weighted by atomic mass is 35.5. The minimum absolute atomic E-state index is 0.0421. The Morgan fingerprint density at radius 2 is 2.08 bits per heavy atom. The van der Waals surface area contributed by atoms with Gasteiger partial charge in [-0.25, -0.2) is 13.1 Å². The number of nitrogens with zero attached hydrogens (tertiary/aromatic N) is 3. The molecule has 0 spiro atoms. The quantitative estimate of drug-likeness (QED) is 0.844. The monoisotopic (exact) mass is 408 g/mol. The van der Waals surface area contributed by atoms with Crippen LogP contribution < -0.4 is 4.72 Å². The Morgan fingerprint density at radius 1 is 1.35 bits per heavy atom. The molecule has 0 saturated carbocycles. The molecule has 6 nitrogen and oxygen atoms in total. The van der Waals surface area contributed by atoms with E-state index < -0.39 is 22.1 Å². The Kier molecular flexibility index (Phi) is 5.02. The van der Waals surface area contributed by atoms with Gasteiger partial charge in [-0.3, -0.25) is 0 Å².